The van der Waals surface area contributed by atoms with Crippen molar-refractivity contribution in [1.82, 2.24) is 5.32 Å². The lowest BCUT2D eigenvalue weighted by molar-refractivity contribution is -0.139. The molecule has 0 aliphatic carbocycles. The molecule has 94 valence electrons. The number of aliphatic carboxylic acids is 1. The molecule has 3 N–H and O–H groups in total. The van der Waals surface area contributed by atoms with Gasteiger partial charge in [0.15, 0.2) is 0 Å². The van der Waals surface area contributed by atoms with Crippen LogP contribution in [0.1, 0.15) is 16.8 Å². The summed E-state index contributed by atoms with van der Waals surface area (Å²) in [6, 6.07) is 3.02. The highest BCUT2D eigenvalue weighted by atomic mass is 79.9. The largest absolute Gasteiger partial charge is 0.507 e. The molecule has 5 nitrogen and oxygen atoms in total. The van der Waals surface area contributed by atoms with Gasteiger partial charge in [-0.05, 0) is 34.1 Å². The average molecular weight is 312 g/mol. The number of hydrogen-bond donors (Lipinski definition) is 3. The van der Waals surface area contributed by atoms with Gasteiger partial charge >= 0.3 is 5.97 Å². The summed E-state index contributed by atoms with van der Waals surface area (Å²) < 4.78 is 0.442. The van der Waals surface area contributed by atoms with Crippen LogP contribution in [0.25, 0.3) is 0 Å². The number of amides is 1. The fourth-order valence-corrected chi connectivity index (χ4v) is 1.46. The Balaban J connectivity index is 2.84. The van der Waals surface area contributed by atoms with Crippen LogP contribution in [0.3, 0.4) is 0 Å². The van der Waals surface area contributed by atoms with Crippen molar-refractivity contribution in [2.75, 3.05) is 0 Å². The van der Waals surface area contributed by atoms with Crippen LogP contribution < -0.4 is 5.32 Å². The standard InChI is InChI=1S/C12H10BrNO4/c1-2-3-9(12(17)18)14-11(16)7-4-5-8(13)10(15)6-7/h1,4-6,9,15H,3H2,(H,14,16)(H,17,18). The smallest absolute Gasteiger partial charge is 0.327 e. The molecule has 0 bridgehead atoms. The van der Waals surface area contributed by atoms with E-state index in [4.69, 9.17) is 11.5 Å². The van der Waals surface area contributed by atoms with Gasteiger partial charge in [0.2, 0.25) is 0 Å². The number of phenolic OH excluding ortho intramolecular Hbond substituents is 1. The molecule has 0 aromatic heterocycles. The Bertz CT molecular complexity index is 521. The van der Waals surface area contributed by atoms with Gasteiger partial charge < -0.3 is 15.5 Å². The second kappa shape index (κ2) is 6.07. The van der Waals surface area contributed by atoms with Crippen LogP contribution in [-0.2, 0) is 4.79 Å². The molecule has 1 aromatic carbocycles. The van der Waals surface area contributed by atoms with Gasteiger partial charge in [-0.3, -0.25) is 4.79 Å². The molecule has 0 saturated heterocycles. The number of carbonyl (C=O) groups excluding carboxylic acids is 1. The van der Waals surface area contributed by atoms with E-state index in [1.54, 1.807) is 0 Å². The van der Waals surface area contributed by atoms with Gasteiger partial charge in [-0.25, -0.2) is 4.79 Å². The molecule has 0 heterocycles. The third-order valence-electron chi connectivity index (χ3n) is 2.13. The van der Waals surface area contributed by atoms with E-state index in [0.29, 0.717) is 4.47 Å². The molecule has 6 heteroatoms. The maximum absolute atomic E-state index is 11.7. The van der Waals surface area contributed by atoms with E-state index in [1.165, 1.54) is 18.2 Å². The van der Waals surface area contributed by atoms with Gasteiger partial charge in [-0.1, -0.05) is 0 Å². The van der Waals surface area contributed by atoms with E-state index in [9.17, 15) is 14.7 Å². The minimum Gasteiger partial charge on any atom is -0.507 e. The van der Waals surface area contributed by atoms with E-state index in [-0.39, 0.29) is 17.7 Å². The quantitative estimate of drug-likeness (QED) is 0.733. The van der Waals surface area contributed by atoms with Crippen molar-refractivity contribution in [3.8, 4) is 18.1 Å². The van der Waals surface area contributed by atoms with E-state index < -0.39 is 17.9 Å². The predicted octanol–water partition coefficient (Wildman–Crippen LogP) is 1.36. The van der Waals surface area contributed by atoms with Crippen LogP contribution in [0.5, 0.6) is 5.75 Å². The van der Waals surface area contributed by atoms with Crippen molar-refractivity contribution < 1.29 is 19.8 Å². The SMILES string of the molecule is C#CCC(NC(=O)c1ccc(Br)c(O)c1)C(=O)O. The lowest BCUT2D eigenvalue weighted by Crippen LogP contribution is -2.40. The first kappa shape index (κ1) is 14.1. The Hall–Kier alpha value is -2.00. The molecule has 0 radical (unpaired) electrons. The number of carbonyl (C=O) groups is 2. The Morgan fingerprint density at radius 1 is 1.50 bits per heavy atom. The molecular formula is C12H10BrNO4. The summed E-state index contributed by atoms with van der Waals surface area (Å²) in [5.74, 6) is 0.252. The Morgan fingerprint density at radius 2 is 2.17 bits per heavy atom. The van der Waals surface area contributed by atoms with Crippen molar-refractivity contribution >= 4 is 27.8 Å². The van der Waals surface area contributed by atoms with Crippen molar-refractivity contribution in [2.45, 2.75) is 12.5 Å². The topological polar surface area (TPSA) is 86.6 Å². The Labute approximate surface area is 112 Å². The molecule has 0 saturated carbocycles. The van der Waals surface area contributed by atoms with E-state index in [1.807, 2.05) is 0 Å². The molecule has 1 rings (SSSR count). The molecule has 1 atom stereocenters. The summed E-state index contributed by atoms with van der Waals surface area (Å²) in [4.78, 5) is 22.5. The number of benzene rings is 1. The number of halogens is 1. The summed E-state index contributed by atoms with van der Waals surface area (Å²) in [5.41, 5.74) is 0.152. The molecule has 0 aliphatic heterocycles. The second-order valence-electron chi connectivity index (χ2n) is 3.44. The van der Waals surface area contributed by atoms with Gasteiger partial charge in [0, 0.05) is 12.0 Å². The minimum atomic E-state index is -1.21. The molecular weight excluding hydrogens is 302 g/mol. The molecule has 1 unspecified atom stereocenters. The zero-order valence-corrected chi connectivity index (χ0v) is 10.8. The highest BCUT2D eigenvalue weighted by molar-refractivity contribution is 9.10. The lowest BCUT2D eigenvalue weighted by Gasteiger charge is -2.12. The van der Waals surface area contributed by atoms with E-state index in [2.05, 4.69) is 27.2 Å². The normalized spacial score (nSPS) is 11.3. The first-order chi connectivity index (χ1) is 8.45. The number of terminal acetylenes is 1. The molecule has 0 fully saturated rings. The second-order valence-corrected chi connectivity index (χ2v) is 4.29. The Morgan fingerprint density at radius 3 is 2.67 bits per heavy atom. The number of carboxylic acids is 1. The van der Waals surface area contributed by atoms with Crippen LogP contribution >= 0.6 is 15.9 Å². The summed E-state index contributed by atoms with van der Waals surface area (Å²) in [7, 11) is 0. The summed E-state index contributed by atoms with van der Waals surface area (Å²) in [6.45, 7) is 0. The van der Waals surface area contributed by atoms with Crippen LogP contribution in [0, 0.1) is 12.3 Å². The number of phenols is 1. The van der Waals surface area contributed by atoms with Crippen LogP contribution in [0.4, 0.5) is 0 Å². The van der Waals surface area contributed by atoms with Gasteiger partial charge in [-0.15, -0.1) is 12.3 Å². The minimum absolute atomic E-state index is 0.105. The highest BCUT2D eigenvalue weighted by Crippen LogP contribution is 2.24. The molecule has 1 aromatic rings. The zero-order chi connectivity index (χ0) is 13.7. The first-order valence-corrected chi connectivity index (χ1v) is 5.70. The first-order valence-electron chi connectivity index (χ1n) is 4.91. The average Bonchev–Trinajstić information content (AvgIpc) is 2.31. The van der Waals surface area contributed by atoms with Crippen molar-refractivity contribution in [3.63, 3.8) is 0 Å². The third-order valence-corrected chi connectivity index (χ3v) is 2.80. The molecule has 18 heavy (non-hydrogen) atoms. The third kappa shape index (κ3) is 3.50. The van der Waals surface area contributed by atoms with Crippen molar-refractivity contribution in [3.05, 3.63) is 28.2 Å². The van der Waals surface area contributed by atoms with Gasteiger partial charge in [0.25, 0.3) is 5.91 Å². The lowest BCUT2D eigenvalue weighted by atomic mass is 10.1. The van der Waals surface area contributed by atoms with E-state index >= 15 is 0 Å². The molecule has 0 spiro atoms. The maximum Gasteiger partial charge on any atom is 0.327 e. The number of aromatic hydroxyl groups is 1. The van der Waals surface area contributed by atoms with Crippen LogP contribution in [-0.4, -0.2) is 28.1 Å². The van der Waals surface area contributed by atoms with Crippen molar-refractivity contribution in [2.24, 2.45) is 0 Å². The van der Waals surface area contributed by atoms with Gasteiger partial charge in [0.05, 0.1) is 4.47 Å². The zero-order valence-electron chi connectivity index (χ0n) is 9.18. The van der Waals surface area contributed by atoms with Gasteiger partial charge in [-0.2, -0.15) is 0 Å². The predicted molar refractivity (Wildman–Crippen MR) is 68.1 cm³/mol. The number of hydrogen-bond acceptors (Lipinski definition) is 3. The number of carboxylic acid groups (broad SMARTS) is 1. The maximum atomic E-state index is 11.7. The van der Waals surface area contributed by atoms with E-state index in [0.717, 1.165) is 0 Å². The molecule has 0 aliphatic rings. The van der Waals surface area contributed by atoms with Crippen LogP contribution in [0.2, 0.25) is 0 Å². The monoisotopic (exact) mass is 311 g/mol. The number of rotatable bonds is 4. The summed E-state index contributed by atoms with van der Waals surface area (Å²) in [5, 5.41) is 20.5. The van der Waals surface area contributed by atoms with Gasteiger partial charge in [0.1, 0.15) is 11.8 Å². The summed E-state index contributed by atoms with van der Waals surface area (Å²) in [6.07, 6.45) is 4.91. The highest BCUT2D eigenvalue weighted by Gasteiger charge is 2.19. The van der Waals surface area contributed by atoms with Crippen molar-refractivity contribution in [1.29, 1.82) is 0 Å². The van der Waals surface area contributed by atoms with Crippen LogP contribution in [0.15, 0.2) is 22.7 Å². The molecule has 1 amide bonds. The fourth-order valence-electron chi connectivity index (χ4n) is 1.21. The fraction of sp³-hybridized carbons (Fsp3) is 0.167. The summed E-state index contributed by atoms with van der Waals surface area (Å²) >= 11 is 3.08. The number of nitrogens with one attached hydrogen (secondary N) is 1. The Kier molecular flexibility index (Phi) is 4.75.